The van der Waals surface area contributed by atoms with Crippen molar-refractivity contribution in [3.8, 4) is 17.2 Å². The molecular weight excluding hydrogens is 863 g/mol. The molecule has 67 heavy (non-hydrogen) atoms. The normalized spacial score (nSPS) is 13.6. The molecule has 4 nitrogen and oxygen atoms in total. The minimum absolute atomic E-state index is 0.364. The molecule has 0 fully saturated rings. The highest BCUT2D eigenvalue weighted by atomic mass is 28.4. The molecule has 0 bridgehead atoms. The molecule has 0 aliphatic carbocycles. The van der Waals surface area contributed by atoms with Gasteiger partial charge in [0.05, 0.1) is 38.2 Å². The van der Waals surface area contributed by atoms with Crippen LogP contribution in [0, 0.1) is 0 Å². The molecule has 0 saturated heterocycles. The average Bonchev–Trinajstić information content (AvgIpc) is 3.92. The van der Waals surface area contributed by atoms with E-state index in [2.05, 4.69) is 272 Å². The summed E-state index contributed by atoms with van der Waals surface area (Å²) >= 11 is 0. The van der Waals surface area contributed by atoms with Crippen molar-refractivity contribution in [2.24, 2.45) is 0 Å². The summed E-state index contributed by atoms with van der Waals surface area (Å²) in [6.45, 7) is 10.5. The minimum atomic E-state index is -3.29. The summed E-state index contributed by atoms with van der Waals surface area (Å²) in [5, 5.41) is 8.01. The van der Waals surface area contributed by atoms with E-state index < -0.39 is 24.2 Å². The molecule has 0 unspecified atom stereocenters. The average molecular weight is 914 g/mol. The standard InChI is InChI=1S/C60H51N3OSi3/c1-65(2,45-26-9-5-10-27-45)60(66(3,4)46-28-11-6-12-29-46)50-35-17-22-41-56(50)64-58-51(60)36-24-42-57(58)67(47-30-13-7-14-31-47,48-32-15-8-16-33-48)49-34-23-25-44(43-49)62-54-39-20-21-40-55(54)63-53-38-19-18-37-52(53)61-59(62)63/h5-43H,1-4H3. The predicted octanol–water partition coefficient (Wildman–Crippen LogP) is 10.5. The van der Waals surface area contributed by atoms with Crippen molar-refractivity contribution in [2.75, 3.05) is 0 Å². The van der Waals surface area contributed by atoms with Gasteiger partial charge >= 0.3 is 0 Å². The van der Waals surface area contributed by atoms with Crippen LogP contribution < -0.4 is 35.9 Å². The highest BCUT2D eigenvalue weighted by Crippen LogP contribution is 2.56. The van der Waals surface area contributed by atoms with Crippen molar-refractivity contribution < 1.29 is 4.74 Å². The number of benzene rings is 9. The molecule has 2 aromatic heterocycles. The molecule has 7 heteroatoms. The van der Waals surface area contributed by atoms with Crippen LogP contribution in [0.15, 0.2) is 237 Å². The quantitative estimate of drug-likeness (QED) is 0.107. The van der Waals surface area contributed by atoms with Gasteiger partial charge < -0.3 is 4.74 Å². The first-order valence-electron chi connectivity index (χ1n) is 23.4. The topological polar surface area (TPSA) is 31.5 Å². The van der Waals surface area contributed by atoms with Crippen LogP contribution in [0.1, 0.15) is 11.1 Å². The highest BCUT2D eigenvalue weighted by molar-refractivity contribution is 7.20. The lowest BCUT2D eigenvalue weighted by molar-refractivity contribution is 0.453. The van der Waals surface area contributed by atoms with Crippen LogP contribution in [0.3, 0.4) is 0 Å². The van der Waals surface area contributed by atoms with Crippen molar-refractivity contribution in [2.45, 2.75) is 30.8 Å². The maximum atomic E-state index is 7.71. The largest absolute Gasteiger partial charge is 0.457 e. The fraction of sp³-hybridized carbons (Fsp3) is 0.0833. The second kappa shape index (κ2) is 15.7. The van der Waals surface area contributed by atoms with Crippen molar-refractivity contribution in [3.63, 3.8) is 0 Å². The van der Waals surface area contributed by atoms with Gasteiger partial charge in [-0.15, -0.1) is 0 Å². The number of imidazole rings is 2. The number of hydrogen-bond acceptors (Lipinski definition) is 2. The smallest absolute Gasteiger partial charge is 0.220 e. The van der Waals surface area contributed by atoms with E-state index in [1.807, 2.05) is 0 Å². The zero-order chi connectivity index (χ0) is 45.4. The van der Waals surface area contributed by atoms with E-state index in [1.165, 1.54) is 42.2 Å². The summed E-state index contributed by atoms with van der Waals surface area (Å²) in [4.78, 5) is 5.31. The third-order valence-electron chi connectivity index (χ3n) is 15.2. The molecule has 12 rings (SSSR count). The molecule has 324 valence electrons. The van der Waals surface area contributed by atoms with E-state index in [4.69, 9.17) is 9.72 Å². The lowest BCUT2D eigenvalue weighted by Gasteiger charge is -2.58. The minimum Gasteiger partial charge on any atom is -0.457 e. The first kappa shape index (κ1) is 41.2. The van der Waals surface area contributed by atoms with Gasteiger partial charge in [0.1, 0.15) is 11.5 Å². The number of ether oxygens (including phenoxy) is 1. The molecule has 1 aliphatic rings. The Balaban J connectivity index is 1.22. The van der Waals surface area contributed by atoms with E-state index in [-0.39, 0.29) is 4.66 Å². The van der Waals surface area contributed by atoms with Crippen LogP contribution in [-0.2, 0) is 4.66 Å². The molecule has 0 amide bonds. The van der Waals surface area contributed by atoms with Crippen LogP contribution in [-0.4, -0.2) is 38.2 Å². The molecule has 11 aromatic rings. The zero-order valence-corrected chi connectivity index (χ0v) is 41.3. The zero-order valence-electron chi connectivity index (χ0n) is 38.3. The lowest BCUT2D eigenvalue weighted by atomic mass is 9.98. The van der Waals surface area contributed by atoms with E-state index >= 15 is 0 Å². The van der Waals surface area contributed by atoms with Crippen LogP contribution in [0.5, 0.6) is 11.5 Å². The van der Waals surface area contributed by atoms with Crippen LogP contribution in [0.25, 0.3) is 33.5 Å². The second-order valence-corrected chi connectivity index (χ2v) is 32.5. The van der Waals surface area contributed by atoms with Crippen molar-refractivity contribution in [1.29, 1.82) is 0 Å². The van der Waals surface area contributed by atoms with E-state index in [9.17, 15) is 0 Å². The van der Waals surface area contributed by atoms with Gasteiger partial charge in [0, 0.05) is 21.5 Å². The number of rotatable bonds is 9. The molecule has 0 spiro atoms. The number of hydrogen-bond donors (Lipinski definition) is 0. The van der Waals surface area contributed by atoms with E-state index in [0.29, 0.717) is 0 Å². The summed E-state index contributed by atoms with van der Waals surface area (Å²) in [6, 6.07) is 88.3. The lowest BCUT2D eigenvalue weighted by Crippen LogP contribution is -2.77. The Morgan fingerprint density at radius 3 is 1.52 bits per heavy atom. The first-order chi connectivity index (χ1) is 32.8. The van der Waals surface area contributed by atoms with E-state index in [0.717, 1.165) is 45.0 Å². The number of para-hydroxylation sites is 6. The molecule has 3 heterocycles. The van der Waals surface area contributed by atoms with Gasteiger partial charge in [-0.2, -0.15) is 0 Å². The van der Waals surface area contributed by atoms with Crippen LogP contribution in [0.4, 0.5) is 0 Å². The van der Waals surface area contributed by atoms with Gasteiger partial charge in [-0.1, -0.05) is 231 Å². The fourth-order valence-corrected chi connectivity index (χ4v) is 30.9. The maximum Gasteiger partial charge on any atom is 0.220 e. The Morgan fingerprint density at radius 2 is 0.896 bits per heavy atom. The van der Waals surface area contributed by atoms with Crippen LogP contribution >= 0.6 is 0 Å². The van der Waals surface area contributed by atoms with Gasteiger partial charge in [-0.25, -0.2) is 4.98 Å². The summed E-state index contributed by atoms with van der Waals surface area (Å²) in [7, 11) is -8.48. The third-order valence-corrected chi connectivity index (χ3v) is 32.2. The van der Waals surface area contributed by atoms with Gasteiger partial charge in [-0.3, -0.25) is 8.97 Å². The second-order valence-electron chi connectivity index (χ2n) is 19.1. The molecule has 1 aliphatic heterocycles. The Morgan fingerprint density at radius 1 is 0.418 bits per heavy atom. The molecule has 0 radical (unpaired) electrons. The predicted molar refractivity (Wildman–Crippen MR) is 288 cm³/mol. The van der Waals surface area contributed by atoms with Gasteiger partial charge in [0.15, 0.2) is 8.07 Å². The third kappa shape index (κ3) is 5.84. The van der Waals surface area contributed by atoms with Crippen molar-refractivity contribution in [1.82, 2.24) is 14.0 Å². The summed E-state index contributed by atoms with van der Waals surface area (Å²) < 4.78 is 12.0. The molecular formula is C60H51N3OSi3. The van der Waals surface area contributed by atoms with Gasteiger partial charge in [-0.05, 0) is 63.2 Å². The molecule has 0 atom stereocenters. The number of aromatic nitrogens is 3. The Labute approximate surface area is 395 Å². The molecule has 0 N–H and O–H groups in total. The Hall–Kier alpha value is -7.30. The Kier molecular flexibility index (Phi) is 9.62. The van der Waals surface area contributed by atoms with Crippen LogP contribution in [0.2, 0.25) is 26.2 Å². The van der Waals surface area contributed by atoms with Crippen molar-refractivity contribution in [3.05, 3.63) is 248 Å². The first-order valence-corrected chi connectivity index (χ1v) is 31.4. The highest BCUT2D eigenvalue weighted by Gasteiger charge is 2.64. The van der Waals surface area contributed by atoms with Gasteiger partial charge in [0.2, 0.25) is 5.78 Å². The SMILES string of the molecule is C[Si](C)(c1ccccc1)C1([Si](C)(C)c2ccccc2)c2ccccc2Oc2c1cccc2[Si](c1ccccc1)(c1ccccc1)c1cccc(-n2c3ccccc3n3c4ccccc4nc23)c1. The van der Waals surface area contributed by atoms with Crippen molar-refractivity contribution >= 4 is 83.2 Å². The molecule has 0 saturated carbocycles. The monoisotopic (exact) mass is 913 g/mol. The van der Waals surface area contributed by atoms with Gasteiger partial charge in [0.25, 0.3) is 0 Å². The fourth-order valence-electron chi connectivity index (χ4n) is 12.5. The summed E-state index contributed by atoms with van der Waals surface area (Å²) in [5.74, 6) is 2.86. The number of nitrogens with zero attached hydrogens (tertiary/aromatic N) is 3. The maximum absolute atomic E-state index is 7.71. The van der Waals surface area contributed by atoms with E-state index in [1.54, 1.807) is 0 Å². The Bertz CT molecular complexity index is 3530. The summed E-state index contributed by atoms with van der Waals surface area (Å²) in [5.41, 5.74) is 8.01. The molecule has 9 aromatic carbocycles. The summed E-state index contributed by atoms with van der Waals surface area (Å²) in [6.07, 6.45) is 0. The number of fused-ring (bicyclic) bond motifs is 7.